The second-order valence-electron chi connectivity index (χ2n) is 4.02. The van der Waals surface area contributed by atoms with Crippen LogP contribution in [0.2, 0.25) is 0 Å². The second-order valence-corrected chi connectivity index (χ2v) is 4.02. The lowest BCUT2D eigenvalue weighted by atomic mass is 9.92. The number of hydrogen-bond acceptors (Lipinski definition) is 2. The van der Waals surface area contributed by atoms with Crippen molar-refractivity contribution in [1.29, 1.82) is 0 Å². The molecule has 2 atom stereocenters. The second kappa shape index (κ2) is 2.72. The van der Waals surface area contributed by atoms with Crippen LogP contribution in [0.4, 0.5) is 0 Å². The van der Waals surface area contributed by atoms with Crippen molar-refractivity contribution in [3.05, 3.63) is 24.0 Å². The molecule has 0 aromatic heterocycles. The fourth-order valence-electron chi connectivity index (χ4n) is 2.62. The zero-order valence-corrected chi connectivity index (χ0v) is 7.69. The summed E-state index contributed by atoms with van der Waals surface area (Å²) in [6, 6.07) is 0. The first-order valence-electron chi connectivity index (χ1n) is 5.13. The number of hydrogen-bond donors (Lipinski definition) is 0. The third-order valence-corrected chi connectivity index (χ3v) is 3.23. The summed E-state index contributed by atoms with van der Waals surface area (Å²) in [6.07, 6.45) is 14.2. The van der Waals surface area contributed by atoms with Crippen LogP contribution in [0.15, 0.2) is 29.0 Å². The van der Waals surface area contributed by atoms with Gasteiger partial charge in [-0.2, -0.15) is 0 Å². The molecule has 0 bridgehead atoms. The maximum absolute atomic E-state index is 4.49. The summed E-state index contributed by atoms with van der Waals surface area (Å²) in [5.41, 5.74) is 1.53. The summed E-state index contributed by atoms with van der Waals surface area (Å²) in [5.74, 6) is 0.790. The Morgan fingerprint density at radius 1 is 1.46 bits per heavy atom. The average Bonchev–Trinajstić information content (AvgIpc) is 2.56. The van der Waals surface area contributed by atoms with E-state index in [9.17, 15) is 0 Å². The van der Waals surface area contributed by atoms with Gasteiger partial charge >= 0.3 is 0 Å². The first kappa shape index (κ1) is 7.36. The Morgan fingerprint density at radius 3 is 3.46 bits per heavy atom. The summed E-state index contributed by atoms with van der Waals surface area (Å²) < 4.78 is 0. The highest BCUT2D eigenvalue weighted by Gasteiger charge is 2.35. The van der Waals surface area contributed by atoms with Gasteiger partial charge in [0.15, 0.2) is 0 Å². The summed E-state index contributed by atoms with van der Waals surface area (Å²) in [5, 5.41) is 0. The number of nitrogens with zero attached hydrogens (tertiary/aromatic N) is 2. The SMILES string of the molecule is C1=CN2C3=CCCCC3CC2N=C1. The molecule has 0 aromatic carbocycles. The molecule has 2 aliphatic heterocycles. The van der Waals surface area contributed by atoms with E-state index in [2.05, 4.69) is 22.2 Å². The Hall–Kier alpha value is -1.05. The molecule has 2 unspecified atom stereocenters. The van der Waals surface area contributed by atoms with Gasteiger partial charge in [0.1, 0.15) is 6.17 Å². The molecule has 0 N–H and O–H groups in total. The molecule has 3 aliphatic rings. The maximum Gasteiger partial charge on any atom is 0.125 e. The lowest BCUT2D eigenvalue weighted by Crippen LogP contribution is -2.23. The monoisotopic (exact) mass is 174 g/mol. The first-order chi connectivity index (χ1) is 6.45. The van der Waals surface area contributed by atoms with Gasteiger partial charge in [0.25, 0.3) is 0 Å². The van der Waals surface area contributed by atoms with Gasteiger partial charge < -0.3 is 4.90 Å². The van der Waals surface area contributed by atoms with E-state index in [1.807, 2.05) is 12.3 Å². The fourth-order valence-corrected chi connectivity index (χ4v) is 2.62. The summed E-state index contributed by atoms with van der Waals surface area (Å²) in [6.45, 7) is 0. The molecule has 0 aromatic rings. The molecule has 1 aliphatic carbocycles. The van der Waals surface area contributed by atoms with Gasteiger partial charge in [-0.25, -0.2) is 0 Å². The van der Waals surface area contributed by atoms with Gasteiger partial charge in [-0.3, -0.25) is 4.99 Å². The standard InChI is InChI=1S/C11H14N2/c1-2-5-10-9(4-1)8-11-12-6-3-7-13(10)11/h3,5-7,9,11H,1-2,4,8H2. The van der Waals surface area contributed by atoms with Crippen LogP contribution >= 0.6 is 0 Å². The Morgan fingerprint density at radius 2 is 2.46 bits per heavy atom. The Balaban J connectivity index is 1.96. The predicted octanol–water partition coefficient (Wildman–Crippen LogP) is 2.30. The van der Waals surface area contributed by atoms with Crippen LogP contribution in [0.25, 0.3) is 0 Å². The summed E-state index contributed by atoms with van der Waals surface area (Å²) in [7, 11) is 0. The van der Waals surface area contributed by atoms with E-state index in [-0.39, 0.29) is 0 Å². The Kier molecular flexibility index (Phi) is 1.54. The van der Waals surface area contributed by atoms with Crippen molar-refractivity contribution >= 4 is 6.21 Å². The fraction of sp³-hybridized carbons (Fsp3) is 0.545. The quantitative estimate of drug-likeness (QED) is 0.550. The van der Waals surface area contributed by atoms with Crippen molar-refractivity contribution < 1.29 is 0 Å². The van der Waals surface area contributed by atoms with Gasteiger partial charge in [0.2, 0.25) is 0 Å². The molecule has 0 spiro atoms. The van der Waals surface area contributed by atoms with Gasteiger partial charge in [0, 0.05) is 24.0 Å². The van der Waals surface area contributed by atoms with Gasteiger partial charge in [-0.05, 0) is 31.8 Å². The number of fused-ring (bicyclic) bond motifs is 3. The van der Waals surface area contributed by atoms with E-state index in [1.165, 1.54) is 31.4 Å². The molecule has 2 heterocycles. The highest BCUT2D eigenvalue weighted by atomic mass is 15.3. The molecule has 0 amide bonds. The average molecular weight is 174 g/mol. The van der Waals surface area contributed by atoms with Crippen LogP contribution in [0.1, 0.15) is 25.7 Å². The number of aliphatic imine (C=N–C) groups is 1. The normalized spacial score (nSPS) is 35.7. The van der Waals surface area contributed by atoms with Crippen LogP contribution in [0.3, 0.4) is 0 Å². The molecule has 0 radical (unpaired) electrons. The van der Waals surface area contributed by atoms with E-state index in [4.69, 9.17) is 0 Å². The first-order valence-corrected chi connectivity index (χ1v) is 5.13. The number of allylic oxidation sites excluding steroid dienone is 3. The van der Waals surface area contributed by atoms with Crippen molar-refractivity contribution in [1.82, 2.24) is 4.90 Å². The van der Waals surface area contributed by atoms with Gasteiger partial charge in [-0.15, -0.1) is 0 Å². The topological polar surface area (TPSA) is 15.6 Å². The van der Waals surface area contributed by atoms with Crippen LogP contribution in [0, 0.1) is 5.92 Å². The minimum Gasteiger partial charge on any atom is -0.329 e. The zero-order valence-electron chi connectivity index (χ0n) is 7.69. The molecule has 68 valence electrons. The Labute approximate surface area is 78.6 Å². The lowest BCUT2D eigenvalue weighted by molar-refractivity contribution is 0.398. The van der Waals surface area contributed by atoms with Crippen molar-refractivity contribution in [2.45, 2.75) is 31.8 Å². The van der Waals surface area contributed by atoms with E-state index < -0.39 is 0 Å². The predicted molar refractivity (Wildman–Crippen MR) is 53.3 cm³/mol. The maximum atomic E-state index is 4.49. The van der Waals surface area contributed by atoms with E-state index in [0.29, 0.717) is 6.17 Å². The highest BCUT2D eigenvalue weighted by Crippen LogP contribution is 2.40. The molecule has 13 heavy (non-hydrogen) atoms. The van der Waals surface area contributed by atoms with Crippen LogP contribution in [-0.4, -0.2) is 17.3 Å². The van der Waals surface area contributed by atoms with Crippen molar-refractivity contribution in [3.63, 3.8) is 0 Å². The highest BCUT2D eigenvalue weighted by molar-refractivity contribution is 5.72. The molecule has 2 nitrogen and oxygen atoms in total. The third kappa shape index (κ3) is 1.05. The van der Waals surface area contributed by atoms with Gasteiger partial charge in [-0.1, -0.05) is 6.08 Å². The molecule has 1 saturated heterocycles. The lowest BCUT2D eigenvalue weighted by Gasteiger charge is -2.25. The van der Waals surface area contributed by atoms with Crippen LogP contribution in [-0.2, 0) is 0 Å². The minimum absolute atomic E-state index is 0.416. The number of rotatable bonds is 0. The zero-order chi connectivity index (χ0) is 8.67. The summed E-state index contributed by atoms with van der Waals surface area (Å²) >= 11 is 0. The molecule has 0 saturated carbocycles. The van der Waals surface area contributed by atoms with E-state index in [0.717, 1.165) is 5.92 Å². The minimum atomic E-state index is 0.416. The van der Waals surface area contributed by atoms with Crippen molar-refractivity contribution in [3.8, 4) is 0 Å². The van der Waals surface area contributed by atoms with Crippen LogP contribution < -0.4 is 0 Å². The smallest absolute Gasteiger partial charge is 0.125 e. The summed E-state index contributed by atoms with van der Waals surface area (Å²) in [4.78, 5) is 6.84. The van der Waals surface area contributed by atoms with E-state index >= 15 is 0 Å². The molecular weight excluding hydrogens is 160 g/mol. The van der Waals surface area contributed by atoms with Crippen molar-refractivity contribution in [2.75, 3.05) is 0 Å². The molecular formula is C11H14N2. The van der Waals surface area contributed by atoms with Gasteiger partial charge in [0.05, 0.1) is 0 Å². The van der Waals surface area contributed by atoms with Crippen LogP contribution in [0.5, 0.6) is 0 Å². The largest absolute Gasteiger partial charge is 0.329 e. The molecule has 1 fully saturated rings. The van der Waals surface area contributed by atoms with Crippen molar-refractivity contribution in [2.24, 2.45) is 10.9 Å². The third-order valence-electron chi connectivity index (χ3n) is 3.23. The molecule has 2 heteroatoms. The Bertz CT molecular complexity index is 301. The van der Waals surface area contributed by atoms with E-state index in [1.54, 1.807) is 0 Å². The molecule has 3 rings (SSSR count).